The van der Waals surface area contributed by atoms with Gasteiger partial charge < -0.3 is 20.3 Å². The van der Waals surface area contributed by atoms with Crippen LogP contribution in [0.3, 0.4) is 0 Å². The number of aliphatic hydroxyl groups excluding tert-OH is 1. The molecule has 0 saturated carbocycles. The van der Waals surface area contributed by atoms with Crippen molar-refractivity contribution in [2.24, 2.45) is 0 Å². The average Bonchev–Trinajstić information content (AvgIpc) is 2.33. The molecule has 3 N–H and O–H groups in total. The first-order valence-corrected chi connectivity index (χ1v) is 5.86. The Balaban J connectivity index is 2.36. The number of aliphatic hydroxyl groups is 1. The lowest BCUT2D eigenvalue weighted by atomic mass is 10.1. The molecule has 1 aromatic rings. The zero-order valence-electron chi connectivity index (χ0n) is 10.4. The summed E-state index contributed by atoms with van der Waals surface area (Å²) in [6, 6.07) is 7.19. The Labute approximate surface area is 102 Å². The van der Waals surface area contributed by atoms with Gasteiger partial charge in [-0.3, -0.25) is 0 Å². The van der Waals surface area contributed by atoms with Crippen molar-refractivity contribution in [3.05, 3.63) is 29.8 Å². The molecule has 17 heavy (non-hydrogen) atoms. The number of hydrogen-bond acceptors (Lipinski definition) is 4. The van der Waals surface area contributed by atoms with E-state index in [1.165, 1.54) is 0 Å². The van der Waals surface area contributed by atoms with Crippen molar-refractivity contribution in [2.45, 2.75) is 26.1 Å². The van der Waals surface area contributed by atoms with Crippen LogP contribution >= 0.6 is 0 Å². The normalized spacial score (nSPS) is 14.5. The SMILES string of the molecule is CCOCC(C)OCC(O)c1cccc(N)c1. The molecule has 4 heteroatoms. The fourth-order valence-corrected chi connectivity index (χ4v) is 1.45. The first-order valence-electron chi connectivity index (χ1n) is 5.86. The first kappa shape index (κ1) is 14.0. The molecule has 4 nitrogen and oxygen atoms in total. The molecule has 0 aliphatic rings. The molecule has 0 saturated heterocycles. The Hall–Kier alpha value is -1.10. The van der Waals surface area contributed by atoms with Crippen LogP contribution in [-0.4, -0.2) is 31.0 Å². The van der Waals surface area contributed by atoms with Gasteiger partial charge >= 0.3 is 0 Å². The van der Waals surface area contributed by atoms with Gasteiger partial charge in [-0.1, -0.05) is 12.1 Å². The monoisotopic (exact) mass is 239 g/mol. The Morgan fingerprint density at radius 2 is 2.12 bits per heavy atom. The van der Waals surface area contributed by atoms with E-state index >= 15 is 0 Å². The predicted molar refractivity (Wildman–Crippen MR) is 67.7 cm³/mol. The van der Waals surface area contributed by atoms with Crippen LogP contribution in [0.4, 0.5) is 5.69 Å². The van der Waals surface area contributed by atoms with Crippen molar-refractivity contribution < 1.29 is 14.6 Å². The molecule has 2 unspecified atom stereocenters. The number of benzene rings is 1. The third kappa shape index (κ3) is 5.17. The molecule has 2 atom stereocenters. The average molecular weight is 239 g/mol. The number of anilines is 1. The van der Waals surface area contributed by atoms with Crippen LogP contribution in [-0.2, 0) is 9.47 Å². The minimum absolute atomic E-state index is 0.0225. The first-order chi connectivity index (χ1) is 8.13. The maximum Gasteiger partial charge on any atom is 0.102 e. The van der Waals surface area contributed by atoms with Gasteiger partial charge in [0.25, 0.3) is 0 Å². The molecule has 0 radical (unpaired) electrons. The third-order valence-corrected chi connectivity index (χ3v) is 2.39. The Morgan fingerprint density at radius 3 is 2.76 bits per heavy atom. The molecule has 0 spiro atoms. The molecular formula is C13H21NO3. The van der Waals surface area contributed by atoms with E-state index in [1.54, 1.807) is 12.1 Å². The fourth-order valence-electron chi connectivity index (χ4n) is 1.45. The number of ether oxygens (including phenoxy) is 2. The highest BCUT2D eigenvalue weighted by Crippen LogP contribution is 2.16. The lowest BCUT2D eigenvalue weighted by Crippen LogP contribution is -2.19. The molecule has 96 valence electrons. The molecule has 0 amide bonds. The Bertz CT molecular complexity index is 330. The van der Waals surface area contributed by atoms with E-state index in [1.807, 2.05) is 26.0 Å². The van der Waals surface area contributed by atoms with Gasteiger partial charge in [-0.2, -0.15) is 0 Å². The molecule has 0 aliphatic heterocycles. The van der Waals surface area contributed by atoms with E-state index in [9.17, 15) is 5.11 Å². The van der Waals surface area contributed by atoms with Crippen LogP contribution in [0.1, 0.15) is 25.5 Å². The van der Waals surface area contributed by atoms with E-state index in [0.29, 0.717) is 18.9 Å². The van der Waals surface area contributed by atoms with Crippen molar-refractivity contribution in [1.29, 1.82) is 0 Å². The minimum Gasteiger partial charge on any atom is -0.399 e. The van der Waals surface area contributed by atoms with E-state index < -0.39 is 6.10 Å². The summed E-state index contributed by atoms with van der Waals surface area (Å²) >= 11 is 0. The van der Waals surface area contributed by atoms with Gasteiger partial charge in [0, 0.05) is 12.3 Å². The summed E-state index contributed by atoms with van der Waals surface area (Å²) in [6.45, 7) is 5.32. The van der Waals surface area contributed by atoms with Crippen LogP contribution in [0.25, 0.3) is 0 Å². The van der Waals surface area contributed by atoms with Gasteiger partial charge in [0.2, 0.25) is 0 Å². The van der Waals surface area contributed by atoms with Crippen LogP contribution in [0, 0.1) is 0 Å². The van der Waals surface area contributed by atoms with Crippen molar-refractivity contribution in [2.75, 3.05) is 25.6 Å². The Kier molecular flexibility index (Phi) is 5.97. The van der Waals surface area contributed by atoms with Crippen LogP contribution in [0.2, 0.25) is 0 Å². The summed E-state index contributed by atoms with van der Waals surface area (Å²) in [6.07, 6.45) is -0.673. The van der Waals surface area contributed by atoms with E-state index in [2.05, 4.69) is 0 Å². The zero-order valence-corrected chi connectivity index (χ0v) is 10.4. The maximum absolute atomic E-state index is 9.90. The Morgan fingerprint density at radius 1 is 1.35 bits per heavy atom. The second-order valence-electron chi connectivity index (χ2n) is 3.99. The second-order valence-corrected chi connectivity index (χ2v) is 3.99. The van der Waals surface area contributed by atoms with Crippen molar-refractivity contribution in [1.82, 2.24) is 0 Å². The number of hydrogen-bond donors (Lipinski definition) is 2. The lowest BCUT2D eigenvalue weighted by molar-refractivity contribution is -0.0394. The smallest absolute Gasteiger partial charge is 0.102 e. The van der Waals surface area contributed by atoms with Crippen molar-refractivity contribution in [3.8, 4) is 0 Å². The van der Waals surface area contributed by atoms with Gasteiger partial charge in [-0.05, 0) is 31.5 Å². The summed E-state index contributed by atoms with van der Waals surface area (Å²) in [4.78, 5) is 0. The standard InChI is InChI=1S/C13H21NO3/c1-3-16-8-10(2)17-9-13(15)11-5-4-6-12(14)7-11/h4-7,10,13,15H,3,8-9,14H2,1-2H3. The van der Waals surface area contributed by atoms with Crippen LogP contribution in [0.5, 0.6) is 0 Å². The molecule has 0 heterocycles. The van der Waals surface area contributed by atoms with Crippen molar-refractivity contribution >= 4 is 5.69 Å². The maximum atomic E-state index is 9.90. The van der Waals surface area contributed by atoms with E-state index in [0.717, 1.165) is 5.56 Å². The largest absolute Gasteiger partial charge is 0.399 e. The van der Waals surface area contributed by atoms with Crippen LogP contribution < -0.4 is 5.73 Å². The van der Waals surface area contributed by atoms with E-state index in [4.69, 9.17) is 15.2 Å². The van der Waals surface area contributed by atoms with Gasteiger partial charge in [-0.15, -0.1) is 0 Å². The summed E-state index contributed by atoms with van der Waals surface area (Å²) in [7, 11) is 0. The fraction of sp³-hybridized carbons (Fsp3) is 0.538. The molecule has 0 bridgehead atoms. The van der Waals surface area contributed by atoms with Gasteiger partial charge in [0.1, 0.15) is 6.10 Å². The second kappa shape index (κ2) is 7.27. The van der Waals surface area contributed by atoms with Gasteiger partial charge in [0.05, 0.1) is 19.3 Å². The quantitative estimate of drug-likeness (QED) is 0.711. The summed E-state index contributed by atoms with van der Waals surface area (Å²) < 4.78 is 10.7. The molecule has 1 rings (SSSR count). The number of nitrogens with two attached hydrogens (primary N) is 1. The summed E-state index contributed by atoms with van der Waals surface area (Å²) in [5.41, 5.74) is 7.06. The topological polar surface area (TPSA) is 64.7 Å². The highest BCUT2D eigenvalue weighted by atomic mass is 16.5. The molecule has 0 aromatic heterocycles. The predicted octanol–water partition coefficient (Wildman–Crippen LogP) is 1.74. The van der Waals surface area contributed by atoms with Gasteiger partial charge in [-0.25, -0.2) is 0 Å². The summed E-state index contributed by atoms with van der Waals surface area (Å²) in [5.74, 6) is 0. The van der Waals surface area contributed by atoms with E-state index in [-0.39, 0.29) is 12.7 Å². The van der Waals surface area contributed by atoms with Crippen molar-refractivity contribution in [3.63, 3.8) is 0 Å². The molecule has 1 aromatic carbocycles. The highest BCUT2D eigenvalue weighted by Gasteiger charge is 2.10. The summed E-state index contributed by atoms with van der Waals surface area (Å²) in [5, 5.41) is 9.90. The number of nitrogen functional groups attached to an aromatic ring is 1. The molecular weight excluding hydrogens is 218 g/mol. The third-order valence-electron chi connectivity index (χ3n) is 2.39. The molecule has 0 fully saturated rings. The molecule has 0 aliphatic carbocycles. The zero-order chi connectivity index (χ0) is 12.7. The lowest BCUT2D eigenvalue weighted by Gasteiger charge is -2.16. The minimum atomic E-state index is -0.650. The highest BCUT2D eigenvalue weighted by molar-refractivity contribution is 5.41. The van der Waals surface area contributed by atoms with Crippen LogP contribution in [0.15, 0.2) is 24.3 Å². The number of rotatable bonds is 7. The van der Waals surface area contributed by atoms with Gasteiger partial charge in [0.15, 0.2) is 0 Å².